The van der Waals surface area contributed by atoms with Gasteiger partial charge in [0.2, 0.25) is 12.5 Å². The van der Waals surface area contributed by atoms with Gasteiger partial charge >= 0.3 is 6.09 Å². The Labute approximate surface area is 237 Å². The number of piperidine rings is 1. The second kappa shape index (κ2) is 14.2. The predicted octanol–water partition coefficient (Wildman–Crippen LogP) is 5.43. The Hall–Kier alpha value is -3.49. The zero-order valence-corrected chi connectivity index (χ0v) is 24.0. The van der Waals surface area contributed by atoms with Crippen molar-refractivity contribution in [2.24, 2.45) is 5.73 Å². The van der Waals surface area contributed by atoms with Crippen LogP contribution in [0, 0.1) is 13.3 Å². The van der Waals surface area contributed by atoms with Crippen LogP contribution in [0.25, 0.3) is 10.9 Å². The molecule has 8 heteroatoms. The molecule has 0 spiro atoms. The summed E-state index contributed by atoms with van der Waals surface area (Å²) >= 11 is 0. The zero-order valence-electron chi connectivity index (χ0n) is 24.0. The van der Waals surface area contributed by atoms with E-state index in [1.54, 1.807) is 13.5 Å². The van der Waals surface area contributed by atoms with Crippen molar-refractivity contribution in [1.29, 1.82) is 0 Å². The van der Waals surface area contributed by atoms with E-state index in [-0.39, 0.29) is 18.6 Å². The molecule has 1 saturated heterocycles. The summed E-state index contributed by atoms with van der Waals surface area (Å²) in [6, 6.07) is 15.8. The number of benzene rings is 2. The van der Waals surface area contributed by atoms with Crippen LogP contribution in [0.2, 0.25) is 0 Å². The molecule has 214 valence electrons. The summed E-state index contributed by atoms with van der Waals surface area (Å²) in [5.41, 5.74) is 12.0. The molecule has 3 aromatic rings. The molecule has 2 unspecified atom stereocenters. The number of carbonyl (C=O) groups is 2. The molecule has 2 heterocycles. The van der Waals surface area contributed by atoms with Crippen molar-refractivity contribution in [3.05, 3.63) is 71.8 Å². The van der Waals surface area contributed by atoms with Gasteiger partial charge in [-0.05, 0) is 61.9 Å². The molecule has 1 aromatic heterocycles. The zero-order chi connectivity index (χ0) is 28.5. The first-order chi connectivity index (χ1) is 19.4. The number of fused-ring (bicyclic) bond motifs is 1. The molecule has 1 fully saturated rings. The summed E-state index contributed by atoms with van der Waals surface area (Å²) in [4.78, 5) is 27.1. The van der Waals surface area contributed by atoms with Gasteiger partial charge in [0.1, 0.15) is 6.42 Å². The molecule has 2 amide bonds. The molecule has 0 aliphatic carbocycles. The number of methoxy groups -OCH3 is 1. The lowest BCUT2D eigenvalue weighted by atomic mass is 9.91. The molecule has 1 aliphatic heterocycles. The van der Waals surface area contributed by atoms with Crippen LogP contribution in [0.1, 0.15) is 55.3 Å². The number of nitrogens with one attached hydrogen (secondary N) is 1. The molecule has 2 atom stereocenters. The van der Waals surface area contributed by atoms with E-state index >= 15 is 0 Å². The van der Waals surface area contributed by atoms with Crippen molar-refractivity contribution in [2.75, 3.05) is 38.7 Å². The van der Waals surface area contributed by atoms with Crippen LogP contribution < -0.4 is 11.1 Å². The Balaban J connectivity index is 1.37. The van der Waals surface area contributed by atoms with Gasteiger partial charge in [-0.25, -0.2) is 4.79 Å². The smallest absolute Gasteiger partial charge is 0.407 e. The SMILES string of the molecule is C[CH+]COC(=O)Nc1ccc(CC(N)CC(=O)N2CCCC(c3c(C)c4ccccc4n3CCCOC)C2)cc1. The van der Waals surface area contributed by atoms with Gasteiger partial charge in [0.05, 0.1) is 6.92 Å². The van der Waals surface area contributed by atoms with E-state index in [9.17, 15) is 9.59 Å². The number of amides is 2. The Morgan fingerprint density at radius 1 is 1.18 bits per heavy atom. The Morgan fingerprint density at radius 2 is 1.95 bits per heavy atom. The van der Waals surface area contributed by atoms with Gasteiger partial charge in [-0.2, -0.15) is 0 Å². The highest BCUT2D eigenvalue weighted by molar-refractivity contribution is 5.86. The first kappa shape index (κ1) is 29.5. The van der Waals surface area contributed by atoms with Crippen molar-refractivity contribution >= 4 is 28.6 Å². The van der Waals surface area contributed by atoms with Gasteiger partial charge < -0.3 is 24.7 Å². The van der Waals surface area contributed by atoms with Crippen LogP contribution in [0.4, 0.5) is 10.5 Å². The summed E-state index contributed by atoms with van der Waals surface area (Å²) in [6.45, 7) is 7.43. The van der Waals surface area contributed by atoms with E-state index in [1.807, 2.05) is 36.1 Å². The summed E-state index contributed by atoms with van der Waals surface area (Å²) in [5.74, 6) is 0.413. The van der Waals surface area contributed by atoms with E-state index in [1.165, 1.54) is 22.2 Å². The topological polar surface area (TPSA) is 98.8 Å². The normalized spacial score (nSPS) is 16.1. The van der Waals surface area contributed by atoms with E-state index in [2.05, 4.69) is 41.1 Å². The lowest BCUT2D eigenvalue weighted by molar-refractivity contribution is -0.132. The third kappa shape index (κ3) is 7.37. The number of rotatable bonds is 12. The lowest BCUT2D eigenvalue weighted by Gasteiger charge is -2.34. The number of para-hydroxylation sites is 1. The van der Waals surface area contributed by atoms with Crippen molar-refractivity contribution in [3.8, 4) is 0 Å². The average Bonchev–Trinajstić information content (AvgIpc) is 3.24. The molecule has 4 rings (SSSR count). The van der Waals surface area contributed by atoms with Crippen LogP contribution in [-0.2, 0) is 27.2 Å². The second-order valence-electron chi connectivity index (χ2n) is 10.7. The number of hydrogen-bond donors (Lipinski definition) is 2. The fourth-order valence-corrected chi connectivity index (χ4v) is 5.82. The number of nitrogens with two attached hydrogens (primary N) is 1. The molecule has 8 nitrogen and oxygen atoms in total. The maximum atomic E-state index is 13.3. The van der Waals surface area contributed by atoms with Gasteiger partial charge in [0, 0.05) is 74.0 Å². The van der Waals surface area contributed by atoms with Crippen molar-refractivity contribution in [3.63, 3.8) is 0 Å². The highest BCUT2D eigenvalue weighted by Gasteiger charge is 2.29. The molecule has 0 bridgehead atoms. The predicted molar refractivity (Wildman–Crippen MR) is 159 cm³/mol. The highest BCUT2D eigenvalue weighted by Crippen LogP contribution is 2.36. The van der Waals surface area contributed by atoms with Gasteiger partial charge in [-0.1, -0.05) is 30.3 Å². The number of anilines is 1. The van der Waals surface area contributed by atoms with Gasteiger partial charge in [-0.15, -0.1) is 0 Å². The van der Waals surface area contributed by atoms with Crippen LogP contribution in [0.5, 0.6) is 0 Å². The maximum Gasteiger partial charge on any atom is 0.415 e. The fraction of sp³-hybridized carbons (Fsp3) is 0.469. The van der Waals surface area contributed by atoms with E-state index in [4.69, 9.17) is 15.2 Å². The molecular formula is C32H43N4O4+. The van der Waals surface area contributed by atoms with Crippen LogP contribution in [0.3, 0.4) is 0 Å². The number of hydrogen-bond acceptors (Lipinski definition) is 5. The van der Waals surface area contributed by atoms with Crippen molar-refractivity contribution in [1.82, 2.24) is 9.47 Å². The van der Waals surface area contributed by atoms with E-state index < -0.39 is 6.09 Å². The maximum absolute atomic E-state index is 13.3. The van der Waals surface area contributed by atoms with Gasteiger partial charge in [-0.3, -0.25) is 10.1 Å². The summed E-state index contributed by atoms with van der Waals surface area (Å²) in [6.07, 6.45) is 5.18. The minimum atomic E-state index is -0.487. The summed E-state index contributed by atoms with van der Waals surface area (Å²) < 4.78 is 12.8. The van der Waals surface area contributed by atoms with E-state index in [0.29, 0.717) is 24.4 Å². The standard InChI is InChI=1S/C32H42N4O4/c1-4-18-40-32(38)34-27-14-12-24(13-15-27)20-26(33)21-30(37)35-16-7-9-25(22-35)31-23(2)28-10-5-6-11-29(28)36(31)17-8-19-39-3/h4-6,10-15,25-26H,7-9,16-22,33H2,1-3H3/p+1. The summed E-state index contributed by atoms with van der Waals surface area (Å²) in [5, 5.41) is 3.99. The second-order valence-corrected chi connectivity index (χ2v) is 10.7. The first-order valence-electron chi connectivity index (χ1n) is 14.3. The Kier molecular flexibility index (Phi) is 10.5. The van der Waals surface area contributed by atoms with E-state index in [0.717, 1.165) is 51.1 Å². The molecule has 2 aromatic carbocycles. The van der Waals surface area contributed by atoms with Crippen LogP contribution in [-0.4, -0.2) is 60.9 Å². The largest absolute Gasteiger partial charge is 0.415 e. The van der Waals surface area contributed by atoms with Gasteiger partial charge in [0.15, 0.2) is 0 Å². The van der Waals surface area contributed by atoms with Crippen LogP contribution in [0.15, 0.2) is 48.5 Å². The van der Waals surface area contributed by atoms with Crippen molar-refractivity contribution < 1.29 is 19.1 Å². The molecule has 1 aliphatic rings. The number of aryl methyl sites for hydroxylation is 2. The van der Waals surface area contributed by atoms with Crippen molar-refractivity contribution in [2.45, 2.75) is 64.5 Å². The minimum Gasteiger partial charge on any atom is -0.407 e. The lowest BCUT2D eigenvalue weighted by Crippen LogP contribution is -2.42. The number of nitrogens with zero attached hydrogens (tertiary/aromatic N) is 2. The fourth-order valence-electron chi connectivity index (χ4n) is 5.82. The van der Waals surface area contributed by atoms with Gasteiger partial charge in [0.25, 0.3) is 0 Å². The third-order valence-electron chi connectivity index (χ3n) is 7.68. The molecule has 0 saturated carbocycles. The average molecular weight is 548 g/mol. The third-order valence-corrected chi connectivity index (χ3v) is 7.68. The monoisotopic (exact) mass is 547 g/mol. The Bertz CT molecular complexity index is 1270. The highest BCUT2D eigenvalue weighted by atomic mass is 16.5. The number of aromatic nitrogens is 1. The summed E-state index contributed by atoms with van der Waals surface area (Å²) in [7, 11) is 1.74. The first-order valence-corrected chi connectivity index (χ1v) is 14.3. The molecule has 3 N–H and O–H groups in total. The molecular weight excluding hydrogens is 504 g/mol. The minimum absolute atomic E-state index is 0.116. The number of likely N-dealkylation sites (tertiary alicyclic amines) is 1. The number of ether oxygens (including phenoxy) is 2. The van der Waals surface area contributed by atoms with Crippen LogP contribution >= 0.6 is 0 Å². The quantitative estimate of drug-likeness (QED) is 0.233. The number of carbonyl (C=O) groups excluding carboxylic acids is 2. The Morgan fingerprint density at radius 3 is 2.70 bits per heavy atom. The molecule has 0 radical (unpaired) electrons. The molecule has 40 heavy (non-hydrogen) atoms.